The third-order valence-corrected chi connectivity index (χ3v) is 6.24. The Hall–Kier alpha value is -2.93. The molecular weight excluding hydrogens is 426 g/mol. The summed E-state index contributed by atoms with van der Waals surface area (Å²) in [6.07, 6.45) is 2.52. The zero-order valence-electron chi connectivity index (χ0n) is 18.6. The molecule has 0 aliphatic heterocycles. The second-order valence-corrected chi connectivity index (χ2v) is 9.39. The Morgan fingerprint density at radius 3 is 2.53 bits per heavy atom. The Bertz CT molecular complexity index is 1120. The summed E-state index contributed by atoms with van der Waals surface area (Å²) in [7, 11) is 0. The molecule has 1 heterocycles. The molecule has 1 fully saturated rings. The number of nitrogens with one attached hydrogen (secondary N) is 1. The minimum absolute atomic E-state index is 0.0194. The summed E-state index contributed by atoms with van der Waals surface area (Å²) >= 11 is 6.09. The summed E-state index contributed by atoms with van der Waals surface area (Å²) in [4.78, 5) is 28.8. The zero-order valence-corrected chi connectivity index (χ0v) is 19.3. The summed E-state index contributed by atoms with van der Waals surface area (Å²) in [6, 6.07) is 13.9. The average Bonchev–Trinajstić information content (AvgIpc) is 3.53. The third kappa shape index (κ3) is 4.78. The van der Waals surface area contributed by atoms with E-state index in [1.54, 1.807) is 21.7 Å². The van der Waals surface area contributed by atoms with Crippen molar-refractivity contribution in [1.82, 2.24) is 25.2 Å². The molecule has 1 aliphatic carbocycles. The van der Waals surface area contributed by atoms with Crippen LogP contribution in [0.25, 0.3) is 11.0 Å². The first-order valence-corrected chi connectivity index (χ1v) is 11.3. The van der Waals surface area contributed by atoms with Gasteiger partial charge in [0.15, 0.2) is 0 Å². The van der Waals surface area contributed by atoms with Gasteiger partial charge < -0.3 is 10.2 Å². The van der Waals surface area contributed by atoms with Gasteiger partial charge in [-0.3, -0.25) is 9.59 Å². The first-order chi connectivity index (χ1) is 15.3. The van der Waals surface area contributed by atoms with Crippen LogP contribution in [0, 0.1) is 0 Å². The number of nitrogens with zero attached hydrogens (tertiary/aromatic N) is 4. The standard InChI is InChI=1S/C24H28ClN5O2/c1-4-24(2,3)26-23(32)22(16-9-11-17(25)12-10-16)30(18-13-14-18)21(31)15-29-20-8-6-5-7-19(20)27-28-29/h5-12,18,22H,4,13-15H2,1-3H3,(H,26,32)/t22-/m0/s1. The van der Waals surface area contributed by atoms with Crippen LogP contribution >= 0.6 is 11.6 Å². The van der Waals surface area contributed by atoms with Crippen LogP contribution in [0.15, 0.2) is 48.5 Å². The van der Waals surface area contributed by atoms with Gasteiger partial charge in [0, 0.05) is 16.6 Å². The quantitative estimate of drug-likeness (QED) is 0.556. The number of amides is 2. The van der Waals surface area contributed by atoms with Crippen molar-refractivity contribution < 1.29 is 9.59 Å². The van der Waals surface area contributed by atoms with Crippen LogP contribution in [0.4, 0.5) is 0 Å². The molecular formula is C24H28ClN5O2. The largest absolute Gasteiger partial charge is 0.349 e. The summed E-state index contributed by atoms with van der Waals surface area (Å²) in [6.45, 7) is 6.01. The molecule has 1 atom stereocenters. The number of carbonyl (C=O) groups is 2. The van der Waals surface area contributed by atoms with Gasteiger partial charge in [-0.2, -0.15) is 0 Å². The fourth-order valence-corrected chi connectivity index (χ4v) is 3.85. The lowest BCUT2D eigenvalue weighted by Gasteiger charge is -2.34. The van der Waals surface area contributed by atoms with Crippen LogP contribution < -0.4 is 5.32 Å². The molecule has 3 aromatic rings. The van der Waals surface area contributed by atoms with Crippen molar-refractivity contribution in [3.8, 4) is 0 Å². The predicted molar refractivity (Wildman–Crippen MR) is 124 cm³/mol. The van der Waals surface area contributed by atoms with E-state index in [4.69, 9.17) is 11.6 Å². The molecule has 4 rings (SSSR count). The lowest BCUT2D eigenvalue weighted by atomic mass is 9.98. The van der Waals surface area contributed by atoms with Gasteiger partial charge in [0.25, 0.3) is 0 Å². The van der Waals surface area contributed by atoms with Crippen molar-refractivity contribution >= 4 is 34.4 Å². The van der Waals surface area contributed by atoms with Crippen molar-refractivity contribution in [3.63, 3.8) is 0 Å². The zero-order chi connectivity index (χ0) is 22.9. The van der Waals surface area contributed by atoms with Crippen LogP contribution in [-0.4, -0.2) is 43.3 Å². The van der Waals surface area contributed by atoms with Crippen LogP contribution in [0.1, 0.15) is 51.6 Å². The van der Waals surface area contributed by atoms with Gasteiger partial charge in [-0.05, 0) is 62.9 Å². The van der Waals surface area contributed by atoms with E-state index in [-0.39, 0.29) is 29.9 Å². The van der Waals surface area contributed by atoms with E-state index in [9.17, 15) is 9.59 Å². The maximum absolute atomic E-state index is 13.6. The number of para-hydroxylation sites is 1. The van der Waals surface area contributed by atoms with Crippen LogP contribution in [0.3, 0.4) is 0 Å². The number of rotatable bonds is 8. The highest BCUT2D eigenvalue weighted by molar-refractivity contribution is 6.30. The van der Waals surface area contributed by atoms with Gasteiger partial charge in [-0.25, -0.2) is 4.68 Å². The summed E-state index contributed by atoms with van der Waals surface area (Å²) in [5, 5.41) is 12.0. The van der Waals surface area contributed by atoms with E-state index >= 15 is 0 Å². The molecule has 0 spiro atoms. The molecule has 1 N–H and O–H groups in total. The molecule has 0 bridgehead atoms. The molecule has 168 valence electrons. The Morgan fingerprint density at radius 2 is 1.88 bits per heavy atom. The highest BCUT2D eigenvalue weighted by Crippen LogP contribution is 2.36. The number of carbonyl (C=O) groups excluding carboxylic acids is 2. The van der Waals surface area contributed by atoms with E-state index in [1.807, 2.05) is 57.2 Å². The van der Waals surface area contributed by atoms with E-state index in [0.29, 0.717) is 5.02 Å². The van der Waals surface area contributed by atoms with Crippen molar-refractivity contribution in [3.05, 3.63) is 59.1 Å². The second-order valence-electron chi connectivity index (χ2n) is 8.95. The normalized spacial score (nSPS) is 14.9. The number of benzene rings is 2. The molecule has 32 heavy (non-hydrogen) atoms. The lowest BCUT2D eigenvalue weighted by Crippen LogP contribution is -2.51. The fraction of sp³-hybridized carbons (Fsp3) is 0.417. The maximum Gasteiger partial charge on any atom is 0.247 e. The molecule has 1 aliphatic rings. The van der Waals surface area contributed by atoms with Crippen molar-refractivity contribution in [2.75, 3.05) is 0 Å². The van der Waals surface area contributed by atoms with Gasteiger partial charge in [-0.1, -0.05) is 48.0 Å². The smallest absolute Gasteiger partial charge is 0.247 e. The van der Waals surface area contributed by atoms with Gasteiger partial charge in [-0.15, -0.1) is 5.10 Å². The molecule has 7 nitrogen and oxygen atoms in total. The van der Waals surface area contributed by atoms with Gasteiger partial charge in [0.1, 0.15) is 18.1 Å². The molecule has 0 unspecified atom stereocenters. The molecule has 8 heteroatoms. The van der Waals surface area contributed by atoms with Gasteiger partial charge in [0.05, 0.1) is 5.52 Å². The second kappa shape index (κ2) is 8.90. The number of hydrogen-bond acceptors (Lipinski definition) is 4. The minimum atomic E-state index is -0.743. The Morgan fingerprint density at radius 1 is 1.19 bits per heavy atom. The van der Waals surface area contributed by atoms with E-state index < -0.39 is 6.04 Å². The molecule has 1 aromatic heterocycles. The number of fused-ring (bicyclic) bond motifs is 1. The molecule has 0 saturated heterocycles. The lowest BCUT2D eigenvalue weighted by molar-refractivity contribution is -0.143. The van der Waals surface area contributed by atoms with Crippen LogP contribution in [-0.2, 0) is 16.1 Å². The fourth-order valence-electron chi connectivity index (χ4n) is 3.73. The summed E-state index contributed by atoms with van der Waals surface area (Å²) < 4.78 is 1.60. The number of aromatic nitrogens is 3. The number of hydrogen-bond donors (Lipinski definition) is 1. The minimum Gasteiger partial charge on any atom is -0.349 e. The Balaban J connectivity index is 1.68. The highest BCUT2D eigenvalue weighted by atomic mass is 35.5. The van der Waals surface area contributed by atoms with Crippen LogP contribution in [0.2, 0.25) is 5.02 Å². The molecule has 2 amide bonds. The molecule has 2 aromatic carbocycles. The first kappa shape index (κ1) is 22.3. The van der Waals surface area contributed by atoms with Crippen molar-refractivity contribution in [1.29, 1.82) is 0 Å². The summed E-state index contributed by atoms with van der Waals surface area (Å²) in [5.41, 5.74) is 1.87. The number of halogens is 1. The van der Waals surface area contributed by atoms with Gasteiger partial charge >= 0.3 is 0 Å². The Labute approximate surface area is 192 Å². The molecule has 0 radical (unpaired) electrons. The predicted octanol–water partition coefficient (Wildman–Crippen LogP) is 4.12. The maximum atomic E-state index is 13.6. The van der Waals surface area contributed by atoms with Gasteiger partial charge in [0.2, 0.25) is 11.8 Å². The summed E-state index contributed by atoms with van der Waals surface area (Å²) in [5.74, 6) is -0.351. The monoisotopic (exact) mass is 453 g/mol. The SMILES string of the molecule is CCC(C)(C)NC(=O)[C@H](c1ccc(Cl)cc1)N(C(=O)Cn1nnc2ccccc21)C1CC1. The average molecular weight is 454 g/mol. The van der Waals surface area contributed by atoms with E-state index in [2.05, 4.69) is 15.6 Å². The first-order valence-electron chi connectivity index (χ1n) is 11.0. The van der Waals surface area contributed by atoms with Crippen LogP contribution in [0.5, 0.6) is 0 Å². The topological polar surface area (TPSA) is 80.1 Å². The van der Waals surface area contributed by atoms with E-state index in [1.165, 1.54) is 0 Å². The third-order valence-electron chi connectivity index (χ3n) is 5.99. The highest BCUT2D eigenvalue weighted by Gasteiger charge is 2.42. The van der Waals surface area contributed by atoms with Crippen molar-refractivity contribution in [2.45, 2.75) is 64.2 Å². The molecule has 1 saturated carbocycles. The van der Waals surface area contributed by atoms with Crippen molar-refractivity contribution in [2.24, 2.45) is 0 Å². The van der Waals surface area contributed by atoms with E-state index in [0.717, 1.165) is 35.9 Å². The Kier molecular flexibility index (Phi) is 6.20.